The number of aromatic nitrogens is 1. The van der Waals surface area contributed by atoms with Crippen LogP contribution in [0, 0.1) is 0 Å². The molecule has 0 amide bonds. The van der Waals surface area contributed by atoms with Crippen LogP contribution in [0.4, 0.5) is 5.69 Å². The lowest BCUT2D eigenvalue weighted by molar-refractivity contribution is -0.141. The molecule has 11 heteroatoms. The number of fused-ring (bicyclic) bond motifs is 4. The quantitative estimate of drug-likeness (QED) is 0.393. The smallest absolute Gasteiger partial charge is 0.325 e. The van der Waals surface area contributed by atoms with Crippen LogP contribution >= 0.6 is 0 Å². The van der Waals surface area contributed by atoms with Crippen molar-refractivity contribution in [2.45, 2.75) is 23.9 Å². The molecule has 1 unspecified atom stereocenters. The van der Waals surface area contributed by atoms with Gasteiger partial charge < -0.3 is 15.0 Å². The summed E-state index contributed by atoms with van der Waals surface area (Å²) in [7, 11) is -6.52. The number of rotatable bonds is 5. The summed E-state index contributed by atoms with van der Waals surface area (Å²) in [5.41, 5.74) is 2.61. The van der Waals surface area contributed by atoms with E-state index >= 15 is 0 Å². The van der Waals surface area contributed by atoms with Crippen molar-refractivity contribution >= 4 is 51.3 Å². The van der Waals surface area contributed by atoms with Crippen molar-refractivity contribution in [2.75, 3.05) is 19.0 Å². The van der Waals surface area contributed by atoms with Gasteiger partial charge in [0.25, 0.3) is 8.87 Å². The predicted octanol–water partition coefficient (Wildman–Crippen LogP) is 2.92. The lowest BCUT2D eigenvalue weighted by Gasteiger charge is -2.31. The summed E-state index contributed by atoms with van der Waals surface area (Å²) < 4.78 is 55.2. The Labute approximate surface area is 202 Å². The summed E-state index contributed by atoms with van der Waals surface area (Å²) in [5.74, 6) is -1.41. The Morgan fingerprint density at radius 1 is 0.943 bits per heavy atom. The van der Waals surface area contributed by atoms with Crippen molar-refractivity contribution in [2.24, 2.45) is 0 Å². The number of H-pyrrole nitrogens is 1. The SMILES string of the molecule is CN(C)c1cccc2c(S(=O)(=O)S(=O)(=O)N3Cc4[nH]c5ccccc5c4CC3C(=O)O)cccc12. The van der Waals surface area contributed by atoms with Gasteiger partial charge in [0.1, 0.15) is 6.04 Å². The summed E-state index contributed by atoms with van der Waals surface area (Å²) in [5, 5.41) is 11.5. The Morgan fingerprint density at radius 3 is 2.31 bits per heavy atom. The van der Waals surface area contributed by atoms with Crippen LogP contribution in [0.3, 0.4) is 0 Å². The lowest BCUT2D eigenvalue weighted by Crippen LogP contribution is -2.50. The Morgan fingerprint density at radius 2 is 1.60 bits per heavy atom. The number of nitrogens with zero attached hydrogens (tertiary/aromatic N) is 2. The zero-order valence-corrected chi connectivity index (χ0v) is 20.6. The second kappa shape index (κ2) is 8.08. The molecule has 0 saturated carbocycles. The average Bonchev–Trinajstić information content (AvgIpc) is 3.19. The molecule has 35 heavy (non-hydrogen) atoms. The molecule has 4 aromatic rings. The van der Waals surface area contributed by atoms with Crippen LogP contribution in [-0.2, 0) is 35.7 Å². The van der Waals surface area contributed by atoms with Crippen molar-refractivity contribution in [3.8, 4) is 0 Å². The number of para-hydroxylation sites is 1. The van der Waals surface area contributed by atoms with Gasteiger partial charge in [0.2, 0.25) is 0 Å². The molecule has 1 aliphatic rings. The van der Waals surface area contributed by atoms with E-state index in [-0.39, 0.29) is 16.7 Å². The van der Waals surface area contributed by atoms with Crippen LogP contribution in [0.5, 0.6) is 0 Å². The third-order valence-electron chi connectivity index (χ3n) is 6.42. The molecule has 1 aliphatic heterocycles. The zero-order valence-electron chi connectivity index (χ0n) is 19.0. The number of aliphatic carboxylic acids is 1. The molecule has 9 nitrogen and oxygen atoms in total. The van der Waals surface area contributed by atoms with E-state index in [0.29, 0.717) is 20.9 Å². The minimum atomic E-state index is -5.12. The third kappa shape index (κ3) is 3.49. The second-order valence-electron chi connectivity index (χ2n) is 8.67. The number of hydrogen-bond acceptors (Lipinski definition) is 6. The van der Waals surface area contributed by atoms with E-state index in [1.165, 1.54) is 12.1 Å². The Bertz CT molecular complexity index is 1710. The van der Waals surface area contributed by atoms with Gasteiger partial charge in [-0.2, -0.15) is 12.7 Å². The number of carboxylic acid groups (broad SMARTS) is 1. The molecule has 0 aliphatic carbocycles. The molecular weight excluding hydrogens is 490 g/mol. The van der Waals surface area contributed by atoms with E-state index < -0.39 is 36.5 Å². The van der Waals surface area contributed by atoms with Crippen molar-refractivity contribution in [3.63, 3.8) is 0 Å². The number of nitrogens with one attached hydrogen (secondary N) is 1. The standard InChI is InChI=1S/C24H23N3O6S2/c1-26(2)21-11-5-9-17-16(21)8-6-12-23(17)34(30,31)35(32,33)27-14-20-18(13-22(27)24(28)29)15-7-3-4-10-19(15)25-20/h3-12,22,25H,13-14H2,1-2H3,(H,28,29). The van der Waals surface area contributed by atoms with E-state index in [4.69, 9.17) is 0 Å². The Kier molecular flexibility index (Phi) is 5.38. The second-order valence-corrected chi connectivity index (χ2v) is 13.9. The first-order valence-electron chi connectivity index (χ1n) is 10.8. The van der Waals surface area contributed by atoms with E-state index in [9.17, 15) is 26.7 Å². The van der Waals surface area contributed by atoms with Crippen molar-refractivity contribution < 1.29 is 26.7 Å². The summed E-state index contributed by atoms with van der Waals surface area (Å²) >= 11 is 0. The van der Waals surface area contributed by atoms with E-state index in [1.54, 1.807) is 55.4 Å². The van der Waals surface area contributed by atoms with Crippen LogP contribution in [0.2, 0.25) is 0 Å². The number of benzene rings is 3. The van der Waals surface area contributed by atoms with Gasteiger partial charge >= 0.3 is 15.0 Å². The van der Waals surface area contributed by atoms with Crippen molar-refractivity contribution in [1.82, 2.24) is 9.29 Å². The first-order valence-corrected chi connectivity index (χ1v) is 14.2. The fourth-order valence-electron chi connectivity index (χ4n) is 4.74. The topological polar surface area (TPSA) is 128 Å². The molecule has 0 bridgehead atoms. The zero-order chi connectivity index (χ0) is 25.1. The van der Waals surface area contributed by atoms with Crippen LogP contribution in [0.1, 0.15) is 11.3 Å². The molecule has 1 aromatic heterocycles. The van der Waals surface area contributed by atoms with E-state index in [1.807, 2.05) is 12.1 Å². The van der Waals surface area contributed by atoms with E-state index in [0.717, 1.165) is 16.6 Å². The first kappa shape index (κ1) is 23.3. The van der Waals surface area contributed by atoms with Gasteiger partial charge in [-0.3, -0.25) is 4.79 Å². The fraction of sp³-hybridized carbons (Fsp3) is 0.208. The molecule has 2 heterocycles. The highest BCUT2D eigenvalue weighted by atomic mass is 33.2. The molecule has 0 fully saturated rings. The summed E-state index contributed by atoms with van der Waals surface area (Å²) in [6.07, 6.45) is -0.149. The molecule has 5 rings (SSSR count). The largest absolute Gasteiger partial charge is 0.480 e. The molecule has 0 spiro atoms. The monoisotopic (exact) mass is 513 g/mol. The van der Waals surface area contributed by atoms with Crippen molar-refractivity contribution in [1.29, 1.82) is 0 Å². The fourth-order valence-corrected chi connectivity index (χ4v) is 9.02. The van der Waals surface area contributed by atoms with Crippen LogP contribution < -0.4 is 4.90 Å². The molecular formula is C24H23N3O6S2. The van der Waals surface area contributed by atoms with Gasteiger partial charge in [-0.15, -0.1) is 0 Å². The van der Waals surface area contributed by atoms with Gasteiger partial charge in [-0.1, -0.05) is 42.5 Å². The van der Waals surface area contributed by atoms with Crippen LogP contribution in [0.15, 0.2) is 65.6 Å². The van der Waals surface area contributed by atoms with Gasteiger partial charge in [0, 0.05) is 53.6 Å². The molecule has 182 valence electrons. The Hall–Kier alpha value is -3.41. The molecule has 2 N–H and O–H groups in total. The third-order valence-corrected chi connectivity index (χ3v) is 11.6. The molecule has 3 aromatic carbocycles. The summed E-state index contributed by atoms with van der Waals surface area (Å²) in [6, 6.07) is 15.1. The Balaban J connectivity index is 1.67. The maximum absolute atomic E-state index is 13.7. The van der Waals surface area contributed by atoms with Gasteiger partial charge in [0.05, 0.1) is 11.4 Å². The minimum absolute atomic E-state index is 0.149. The minimum Gasteiger partial charge on any atom is -0.480 e. The van der Waals surface area contributed by atoms with Crippen LogP contribution in [-0.4, -0.2) is 57.3 Å². The molecule has 0 saturated heterocycles. The highest BCUT2D eigenvalue weighted by Crippen LogP contribution is 2.37. The maximum atomic E-state index is 13.7. The van der Waals surface area contributed by atoms with Gasteiger partial charge in [-0.25, -0.2) is 8.42 Å². The summed E-state index contributed by atoms with van der Waals surface area (Å²) in [6.45, 7) is -0.393. The predicted molar refractivity (Wildman–Crippen MR) is 133 cm³/mol. The highest BCUT2D eigenvalue weighted by Gasteiger charge is 2.47. The maximum Gasteiger partial charge on any atom is 0.325 e. The molecule has 1 atom stereocenters. The summed E-state index contributed by atoms with van der Waals surface area (Å²) in [4.78, 5) is 16.7. The normalized spacial score (nSPS) is 16.9. The number of carboxylic acids is 1. The van der Waals surface area contributed by atoms with Gasteiger partial charge in [-0.05, 0) is 23.8 Å². The van der Waals surface area contributed by atoms with Crippen LogP contribution in [0.25, 0.3) is 21.7 Å². The average molecular weight is 514 g/mol. The van der Waals surface area contributed by atoms with E-state index in [2.05, 4.69) is 4.98 Å². The number of hydrogen-bond donors (Lipinski definition) is 2. The first-order chi connectivity index (χ1) is 16.5. The number of carbonyl (C=O) groups is 1. The number of aromatic amines is 1. The van der Waals surface area contributed by atoms with Crippen molar-refractivity contribution in [3.05, 3.63) is 71.9 Å². The lowest BCUT2D eigenvalue weighted by atomic mass is 9.99. The number of anilines is 1. The van der Waals surface area contributed by atoms with Gasteiger partial charge in [0.15, 0.2) is 0 Å². The molecule has 0 radical (unpaired) electrons. The highest BCUT2D eigenvalue weighted by molar-refractivity contribution is 8.66.